The second kappa shape index (κ2) is 9.20. The largest absolute Gasteiger partial charge is 0.330 e. The number of hydrogen-bond acceptors (Lipinski definition) is 2. The Bertz CT molecular complexity index is 145. The Morgan fingerprint density at radius 3 is 2.50 bits per heavy atom. The molecule has 0 saturated heterocycles. The molecular weight excluding hydrogens is 174 g/mol. The minimum atomic E-state index is 0.433. The molecule has 2 nitrogen and oxygen atoms in total. The van der Waals surface area contributed by atoms with Crippen LogP contribution in [-0.4, -0.2) is 12.3 Å². The highest BCUT2D eigenvalue weighted by molar-refractivity contribution is 5.78. The number of carbonyl (C=O) groups excluding carboxylic acids is 1. The Kier molecular flexibility index (Phi) is 8.95. The van der Waals surface area contributed by atoms with E-state index in [1.165, 1.54) is 12.8 Å². The number of rotatable bonds is 9. The van der Waals surface area contributed by atoms with Crippen LogP contribution in [0, 0.1) is 5.92 Å². The minimum absolute atomic E-state index is 0.433. The Balaban J connectivity index is 3.34. The number of nitrogens with two attached hydrogens (primary N) is 1. The fourth-order valence-electron chi connectivity index (χ4n) is 1.53. The molecule has 0 aromatic rings. The maximum absolute atomic E-state index is 11.4. The molecule has 2 heteroatoms. The Labute approximate surface area is 88.3 Å². The predicted molar refractivity (Wildman–Crippen MR) is 61.2 cm³/mol. The number of unbranched alkanes of at least 4 members (excludes halogenated alkanes) is 2. The first-order valence-electron chi connectivity index (χ1n) is 5.92. The normalized spacial score (nSPS) is 12.8. The van der Waals surface area contributed by atoms with E-state index in [9.17, 15) is 4.79 Å². The van der Waals surface area contributed by atoms with Crippen LogP contribution in [0.4, 0.5) is 0 Å². The van der Waals surface area contributed by atoms with E-state index in [4.69, 9.17) is 5.73 Å². The van der Waals surface area contributed by atoms with Gasteiger partial charge in [0, 0.05) is 12.8 Å². The zero-order valence-electron chi connectivity index (χ0n) is 9.72. The summed E-state index contributed by atoms with van der Waals surface area (Å²) in [6, 6.07) is 0. The van der Waals surface area contributed by atoms with Gasteiger partial charge in [-0.1, -0.05) is 26.7 Å². The molecule has 0 aliphatic carbocycles. The summed E-state index contributed by atoms with van der Waals surface area (Å²) in [5, 5.41) is 0. The third-order valence-corrected chi connectivity index (χ3v) is 2.63. The van der Waals surface area contributed by atoms with Crippen molar-refractivity contribution in [2.75, 3.05) is 6.54 Å². The molecule has 0 aliphatic rings. The van der Waals surface area contributed by atoms with Crippen molar-refractivity contribution >= 4 is 5.78 Å². The molecule has 0 radical (unpaired) electrons. The molecule has 2 N–H and O–H groups in total. The highest BCUT2D eigenvalue weighted by atomic mass is 16.1. The SMILES string of the molecule is CCCCCC(=O)CCC(C)CCN. The van der Waals surface area contributed by atoms with Crippen LogP contribution in [0.1, 0.15) is 58.8 Å². The first-order valence-corrected chi connectivity index (χ1v) is 5.92. The average molecular weight is 199 g/mol. The van der Waals surface area contributed by atoms with Crippen LogP contribution in [0.2, 0.25) is 0 Å². The summed E-state index contributed by atoms with van der Waals surface area (Å²) in [5.74, 6) is 1.04. The van der Waals surface area contributed by atoms with Crippen molar-refractivity contribution in [3.05, 3.63) is 0 Å². The van der Waals surface area contributed by atoms with Crippen LogP contribution in [0.3, 0.4) is 0 Å². The number of ketones is 1. The first kappa shape index (κ1) is 13.6. The summed E-state index contributed by atoms with van der Waals surface area (Å²) in [6.07, 6.45) is 7.04. The lowest BCUT2D eigenvalue weighted by atomic mass is 9.98. The monoisotopic (exact) mass is 199 g/mol. The van der Waals surface area contributed by atoms with Gasteiger partial charge in [-0.05, 0) is 31.7 Å². The Morgan fingerprint density at radius 1 is 1.21 bits per heavy atom. The lowest BCUT2D eigenvalue weighted by molar-refractivity contribution is -0.119. The zero-order valence-corrected chi connectivity index (χ0v) is 9.72. The van der Waals surface area contributed by atoms with E-state index in [2.05, 4.69) is 13.8 Å². The smallest absolute Gasteiger partial charge is 0.132 e. The molecule has 1 unspecified atom stereocenters. The average Bonchev–Trinajstić information content (AvgIpc) is 2.16. The summed E-state index contributed by atoms with van der Waals surface area (Å²) in [4.78, 5) is 11.4. The van der Waals surface area contributed by atoms with Gasteiger partial charge >= 0.3 is 0 Å². The Hall–Kier alpha value is -0.370. The van der Waals surface area contributed by atoms with Crippen molar-refractivity contribution in [1.82, 2.24) is 0 Å². The van der Waals surface area contributed by atoms with Crippen LogP contribution in [0.25, 0.3) is 0 Å². The molecule has 1 atom stereocenters. The molecule has 0 saturated carbocycles. The lowest BCUT2D eigenvalue weighted by Crippen LogP contribution is -2.08. The highest BCUT2D eigenvalue weighted by Gasteiger charge is 2.05. The number of carbonyl (C=O) groups is 1. The van der Waals surface area contributed by atoms with Crippen LogP contribution < -0.4 is 5.73 Å². The summed E-state index contributed by atoms with van der Waals surface area (Å²) in [7, 11) is 0. The van der Waals surface area contributed by atoms with Gasteiger partial charge in [0.05, 0.1) is 0 Å². The van der Waals surface area contributed by atoms with E-state index in [0.717, 1.165) is 38.6 Å². The molecule has 0 spiro atoms. The fraction of sp³-hybridized carbons (Fsp3) is 0.917. The Morgan fingerprint density at radius 2 is 1.93 bits per heavy atom. The zero-order chi connectivity index (χ0) is 10.8. The van der Waals surface area contributed by atoms with Gasteiger partial charge in [0.2, 0.25) is 0 Å². The van der Waals surface area contributed by atoms with Gasteiger partial charge in [-0.25, -0.2) is 0 Å². The van der Waals surface area contributed by atoms with Crippen LogP contribution in [0.5, 0.6) is 0 Å². The lowest BCUT2D eigenvalue weighted by Gasteiger charge is -2.08. The van der Waals surface area contributed by atoms with E-state index >= 15 is 0 Å². The third-order valence-electron chi connectivity index (χ3n) is 2.63. The molecule has 84 valence electrons. The highest BCUT2D eigenvalue weighted by Crippen LogP contribution is 2.11. The molecule has 0 amide bonds. The topological polar surface area (TPSA) is 43.1 Å². The number of Topliss-reactive ketones (excluding diaryl/α,β-unsaturated/α-hetero) is 1. The molecular formula is C12H25NO. The molecule has 0 heterocycles. The molecule has 14 heavy (non-hydrogen) atoms. The van der Waals surface area contributed by atoms with Crippen molar-refractivity contribution in [2.45, 2.75) is 58.8 Å². The first-order chi connectivity index (χ1) is 6.70. The van der Waals surface area contributed by atoms with Gasteiger partial charge < -0.3 is 5.73 Å². The standard InChI is InChI=1S/C12H25NO/c1-3-4-5-6-12(14)8-7-11(2)9-10-13/h11H,3-10,13H2,1-2H3. The second-order valence-corrected chi connectivity index (χ2v) is 4.22. The van der Waals surface area contributed by atoms with Gasteiger partial charge in [-0.2, -0.15) is 0 Å². The van der Waals surface area contributed by atoms with Crippen molar-refractivity contribution < 1.29 is 4.79 Å². The van der Waals surface area contributed by atoms with E-state index in [1.807, 2.05) is 0 Å². The number of hydrogen-bond donors (Lipinski definition) is 1. The third kappa shape index (κ3) is 8.24. The molecule has 0 rings (SSSR count). The molecule has 0 aromatic heterocycles. The van der Waals surface area contributed by atoms with Crippen molar-refractivity contribution in [3.63, 3.8) is 0 Å². The quantitative estimate of drug-likeness (QED) is 0.580. The maximum Gasteiger partial charge on any atom is 0.132 e. The van der Waals surface area contributed by atoms with Crippen molar-refractivity contribution in [2.24, 2.45) is 11.7 Å². The summed E-state index contributed by atoms with van der Waals surface area (Å²) >= 11 is 0. The second-order valence-electron chi connectivity index (χ2n) is 4.22. The van der Waals surface area contributed by atoms with Gasteiger partial charge in [0.15, 0.2) is 0 Å². The molecule has 0 aromatic carbocycles. The van der Waals surface area contributed by atoms with Gasteiger partial charge in [-0.15, -0.1) is 0 Å². The molecule has 0 fully saturated rings. The molecule has 0 bridgehead atoms. The van der Waals surface area contributed by atoms with Crippen LogP contribution >= 0.6 is 0 Å². The minimum Gasteiger partial charge on any atom is -0.330 e. The van der Waals surface area contributed by atoms with E-state index in [1.54, 1.807) is 0 Å². The van der Waals surface area contributed by atoms with Crippen molar-refractivity contribution in [1.29, 1.82) is 0 Å². The summed E-state index contributed by atoms with van der Waals surface area (Å²) in [5.41, 5.74) is 5.45. The van der Waals surface area contributed by atoms with E-state index < -0.39 is 0 Å². The van der Waals surface area contributed by atoms with Crippen LogP contribution in [-0.2, 0) is 4.79 Å². The van der Waals surface area contributed by atoms with Crippen molar-refractivity contribution in [3.8, 4) is 0 Å². The molecule has 0 aliphatic heterocycles. The van der Waals surface area contributed by atoms with E-state index in [-0.39, 0.29) is 0 Å². The fourth-order valence-corrected chi connectivity index (χ4v) is 1.53. The summed E-state index contributed by atoms with van der Waals surface area (Å²) in [6.45, 7) is 5.07. The van der Waals surface area contributed by atoms with Gasteiger partial charge in [0.25, 0.3) is 0 Å². The van der Waals surface area contributed by atoms with Crippen LogP contribution in [0.15, 0.2) is 0 Å². The maximum atomic E-state index is 11.4. The van der Waals surface area contributed by atoms with Gasteiger partial charge in [-0.3, -0.25) is 4.79 Å². The van der Waals surface area contributed by atoms with Gasteiger partial charge in [0.1, 0.15) is 5.78 Å². The summed E-state index contributed by atoms with van der Waals surface area (Å²) < 4.78 is 0. The van der Waals surface area contributed by atoms with E-state index in [0.29, 0.717) is 11.7 Å². The predicted octanol–water partition coefficient (Wildman–Crippen LogP) is 2.90.